The minimum Gasteiger partial charge on any atom is -0.497 e. The van der Waals surface area contributed by atoms with Gasteiger partial charge in [-0.25, -0.2) is 13.2 Å². The third kappa shape index (κ3) is 6.42. The number of aromatic nitrogens is 2. The van der Waals surface area contributed by atoms with E-state index in [4.69, 9.17) is 21.1 Å². The number of rotatable bonds is 8. The van der Waals surface area contributed by atoms with Gasteiger partial charge in [-0.3, -0.25) is 10.1 Å². The Bertz CT molecular complexity index is 1440. The summed E-state index contributed by atoms with van der Waals surface area (Å²) >= 11 is 6.90. The highest BCUT2D eigenvalue weighted by Gasteiger charge is 2.20. The van der Waals surface area contributed by atoms with Crippen molar-refractivity contribution in [2.75, 3.05) is 18.2 Å². The van der Waals surface area contributed by atoms with Gasteiger partial charge in [0.2, 0.25) is 19.3 Å². The fourth-order valence-electron chi connectivity index (χ4n) is 2.56. The van der Waals surface area contributed by atoms with E-state index in [9.17, 15) is 23.3 Å². The molecule has 2 aromatic carbocycles. The molecule has 13 heteroatoms. The Morgan fingerprint density at radius 1 is 1.20 bits per heavy atom. The number of nitrogens with zero attached hydrogens (tertiary/aromatic N) is 3. The highest BCUT2D eigenvalue weighted by molar-refractivity contribution is 7.93. The molecule has 0 fully saturated rings. The van der Waals surface area contributed by atoms with Crippen molar-refractivity contribution >= 4 is 55.9 Å². The minimum absolute atomic E-state index is 0.0676. The van der Waals surface area contributed by atoms with E-state index >= 15 is 0 Å². The van der Waals surface area contributed by atoms with Gasteiger partial charge in [0.25, 0.3) is 5.91 Å². The molecule has 1 aromatic heterocycles. The van der Waals surface area contributed by atoms with E-state index in [-0.39, 0.29) is 31.6 Å². The van der Waals surface area contributed by atoms with E-state index in [1.54, 1.807) is 30.3 Å². The van der Waals surface area contributed by atoms with E-state index in [0.29, 0.717) is 28.2 Å². The van der Waals surface area contributed by atoms with Crippen LogP contribution >= 0.6 is 22.9 Å². The highest BCUT2D eigenvalue weighted by atomic mass is 35.5. The Balaban J connectivity index is 1.73. The van der Waals surface area contributed by atoms with Crippen molar-refractivity contribution in [1.29, 1.82) is 5.26 Å². The van der Waals surface area contributed by atoms with E-state index in [2.05, 4.69) is 15.5 Å². The van der Waals surface area contributed by atoms with Crippen LogP contribution in [-0.4, -0.2) is 43.4 Å². The molecule has 0 aliphatic rings. The molecule has 180 valence electrons. The number of ether oxygens (including phenoxy) is 2. The lowest BCUT2D eigenvalue weighted by molar-refractivity contribution is -0.112. The molecule has 1 N–H and O–H groups in total. The van der Waals surface area contributed by atoms with Gasteiger partial charge in [-0.2, -0.15) is 5.26 Å². The van der Waals surface area contributed by atoms with Crippen molar-refractivity contribution in [2.45, 2.75) is 11.3 Å². The molecule has 0 spiro atoms. The van der Waals surface area contributed by atoms with Crippen LogP contribution in [0, 0.1) is 11.3 Å². The standard InChI is InChI=1S/C22H17ClN4O6S2/c1-3-35(30,31)22-27-26-21(34-22)25-19(28)15(12-24)10-13-4-9-18(17(23)11-13)33-20(29)14-5-7-16(32-2)8-6-14/h4-11H,3H2,1-2H3,(H,25,26,28)/b15-10-. The lowest BCUT2D eigenvalue weighted by atomic mass is 10.1. The number of carbonyl (C=O) groups excluding carboxylic acids is 2. The summed E-state index contributed by atoms with van der Waals surface area (Å²) in [7, 11) is -2.06. The molecule has 10 nitrogen and oxygen atoms in total. The predicted octanol–water partition coefficient (Wildman–Crippen LogP) is 3.76. The Labute approximate surface area is 209 Å². The highest BCUT2D eigenvalue weighted by Crippen LogP contribution is 2.28. The van der Waals surface area contributed by atoms with Crippen molar-refractivity contribution < 1.29 is 27.5 Å². The molecule has 0 saturated carbocycles. The van der Waals surface area contributed by atoms with Gasteiger partial charge >= 0.3 is 5.97 Å². The zero-order chi connectivity index (χ0) is 25.6. The molecular weight excluding hydrogens is 516 g/mol. The SMILES string of the molecule is CCS(=O)(=O)c1nnc(NC(=O)/C(C#N)=C\c2ccc(OC(=O)c3ccc(OC)cc3)c(Cl)c2)s1. The third-order valence-electron chi connectivity index (χ3n) is 4.43. The number of benzene rings is 2. The monoisotopic (exact) mass is 532 g/mol. The van der Waals surface area contributed by atoms with Crippen LogP contribution < -0.4 is 14.8 Å². The van der Waals surface area contributed by atoms with E-state index in [1.807, 2.05) is 0 Å². The van der Waals surface area contributed by atoms with Crippen LogP contribution in [-0.2, 0) is 14.6 Å². The normalized spacial score (nSPS) is 11.4. The number of methoxy groups -OCH3 is 1. The lowest BCUT2D eigenvalue weighted by Crippen LogP contribution is -2.13. The van der Waals surface area contributed by atoms with Gasteiger partial charge in [0, 0.05) is 0 Å². The maximum atomic E-state index is 12.5. The van der Waals surface area contributed by atoms with E-state index < -0.39 is 21.7 Å². The molecule has 0 aliphatic carbocycles. The second-order valence-corrected chi connectivity index (χ2v) is 10.5. The fourth-order valence-corrected chi connectivity index (χ4v) is 4.78. The van der Waals surface area contributed by atoms with E-state index in [1.165, 1.54) is 38.3 Å². The van der Waals surface area contributed by atoms with E-state index in [0.717, 1.165) is 0 Å². The average Bonchev–Trinajstić information content (AvgIpc) is 3.33. The summed E-state index contributed by atoms with van der Waals surface area (Å²) < 4.78 is 33.8. The number of amides is 1. The molecule has 1 heterocycles. The number of anilines is 1. The molecule has 0 radical (unpaired) electrons. The number of sulfone groups is 1. The molecule has 35 heavy (non-hydrogen) atoms. The molecule has 1 amide bonds. The first kappa shape index (κ1) is 25.8. The summed E-state index contributed by atoms with van der Waals surface area (Å²) in [4.78, 5) is 24.8. The number of esters is 1. The van der Waals surface area contributed by atoms with Crippen LogP contribution in [0.4, 0.5) is 5.13 Å². The van der Waals surface area contributed by atoms with Gasteiger partial charge in [0.1, 0.15) is 23.1 Å². The Kier molecular flexibility index (Phi) is 8.18. The summed E-state index contributed by atoms with van der Waals surface area (Å²) in [5.74, 6) is -0.922. The summed E-state index contributed by atoms with van der Waals surface area (Å²) in [6.45, 7) is 1.46. The van der Waals surface area contributed by atoms with Gasteiger partial charge in [0.15, 0.2) is 0 Å². The number of hydrogen-bond acceptors (Lipinski definition) is 10. The molecular formula is C22H17ClN4O6S2. The van der Waals surface area contributed by atoms with Gasteiger partial charge in [-0.15, -0.1) is 10.2 Å². The maximum absolute atomic E-state index is 12.5. The molecule has 0 aliphatic heterocycles. The summed E-state index contributed by atoms with van der Waals surface area (Å²) in [6, 6.07) is 12.4. The number of nitrogens with one attached hydrogen (secondary N) is 1. The van der Waals surface area contributed by atoms with Crippen molar-refractivity contribution in [3.8, 4) is 17.6 Å². The summed E-state index contributed by atoms with van der Waals surface area (Å²) in [5.41, 5.74) is 0.387. The smallest absolute Gasteiger partial charge is 0.343 e. The van der Waals surface area contributed by atoms with Crippen LogP contribution in [0.5, 0.6) is 11.5 Å². The van der Waals surface area contributed by atoms with Gasteiger partial charge in [-0.05, 0) is 48.0 Å². The lowest BCUT2D eigenvalue weighted by Gasteiger charge is -2.08. The first-order chi connectivity index (χ1) is 16.7. The average molecular weight is 533 g/mol. The van der Waals surface area contributed by atoms with Crippen LogP contribution in [0.15, 0.2) is 52.4 Å². The van der Waals surface area contributed by atoms with Crippen LogP contribution in [0.25, 0.3) is 6.08 Å². The Hall–Kier alpha value is -3.79. The zero-order valence-corrected chi connectivity index (χ0v) is 20.7. The fraction of sp³-hybridized carbons (Fsp3) is 0.136. The Morgan fingerprint density at radius 3 is 2.51 bits per heavy atom. The summed E-state index contributed by atoms with van der Waals surface area (Å²) in [6.07, 6.45) is 1.26. The number of nitriles is 1. The molecule has 0 unspecified atom stereocenters. The second-order valence-electron chi connectivity index (χ2n) is 6.71. The second kappa shape index (κ2) is 11.1. The molecule has 0 bridgehead atoms. The third-order valence-corrected chi connectivity index (χ3v) is 7.75. The van der Waals surface area contributed by atoms with Crippen molar-refractivity contribution in [2.24, 2.45) is 0 Å². The minimum atomic E-state index is -3.57. The molecule has 3 rings (SSSR count). The molecule has 0 atom stereocenters. The van der Waals surface area contributed by atoms with Gasteiger partial charge in [0.05, 0.1) is 23.4 Å². The first-order valence-electron chi connectivity index (χ1n) is 9.82. The number of hydrogen-bond donors (Lipinski definition) is 1. The van der Waals surface area contributed by atoms with Gasteiger partial charge in [-0.1, -0.05) is 35.9 Å². The number of halogens is 1. The van der Waals surface area contributed by atoms with Crippen LogP contribution in [0.2, 0.25) is 5.02 Å². The topological polar surface area (TPSA) is 148 Å². The predicted molar refractivity (Wildman–Crippen MR) is 129 cm³/mol. The largest absolute Gasteiger partial charge is 0.497 e. The molecule has 3 aromatic rings. The van der Waals surface area contributed by atoms with Gasteiger partial charge < -0.3 is 9.47 Å². The van der Waals surface area contributed by atoms with Crippen LogP contribution in [0.3, 0.4) is 0 Å². The molecule has 0 saturated heterocycles. The van der Waals surface area contributed by atoms with Crippen molar-refractivity contribution in [3.63, 3.8) is 0 Å². The van der Waals surface area contributed by atoms with Crippen LogP contribution in [0.1, 0.15) is 22.8 Å². The number of carbonyl (C=O) groups is 2. The van der Waals surface area contributed by atoms with Crippen molar-refractivity contribution in [3.05, 3.63) is 64.2 Å². The quantitative estimate of drug-likeness (QED) is 0.150. The summed E-state index contributed by atoms with van der Waals surface area (Å²) in [5, 5.41) is 18.9. The zero-order valence-electron chi connectivity index (χ0n) is 18.3. The van der Waals surface area contributed by atoms with Crippen molar-refractivity contribution in [1.82, 2.24) is 10.2 Å². The maximum Gasteiger partial charge on any atom is 0.343 e. The Morgan fingerprint density at radius 2 is 1.91 bits per heavy atom. The first-order valence-corrected chi connectivity index (χ1v) is 12.7.